The lowest BCUT2D eigenvalue weighted by atomic mass is 10.1. The predicted octanol–water partition coefficient (Wildman–Crippen LogP) is 1.53. The van der Waals surface area contributed by atoms with Gasteiger partial charge in [0.25, 0.3) is 5.91 Å². The number of benzene rings is 1. The van der Waals surface area contributed by atoms with E-state index in [4.69, 9.17) is 0 Å². The molecule has 6 nitrogen and oxygen atoms in total. The standard InChI is InChI=1S/C19H19FN4O2/c20-15-5-6-17(21-11-15)22-7-9-23(10-8-22)18(25)13-24-12-14-3-1-2-4-16(14)19(24)26/h1-6,11H,7-10,12-13H2. The van der Waals surface area contributed by atoms with Crippen LogP contribution in [0.4, 0.5) is 10.2 Å². The smallest absolute Gasteiger partial charge is 0.254 e. The zero-order valence-electron chi connectivity index (χ0n) is 14.3. The molecular formula is C19H19FN4O2. The first-order valence-electron chi connectivity index (χ1n) is 8.63. The first-order chi connectivity index (χ1) is 12.6. The summed E-state index contributed by atoms with van der Waals surface area (Å²) in [6, 6.07) is 10.5. The monoisotopic (exact) mass is 354 g/mol. The summed E-state index contributed by atoms with van der Waals surface area (Å²) >= 11 is 0. The number of hydrogen-bond donors (Lipinski definition) is 0. The molecule has 26 heavy (non-hydrogen) atoms. The van der Waals surface area contributed by atoms with Gasteiger partial charge in [-0.25, -0.2) is 9.37 Å². The van der Waals surface area contributed by atoms with Crippen molar-refractivity contribution < 1.29 is 14.0 Å². The Bertz CT molecular complexity index is 832. The second kappa shape index (κ2) is 6.74. The van der Waals surface area contributed by atoms with Crippen molar-refractivity contribution in [1.29, 1.82) is 0 Å². The van der Waals surface area contributed by atoms with E-state index >= 15 is 0 Å². The summed E-state index contributed by atoms with van der Waals surface area (Å²) in [6.45, 7) is 2.99. The van der Waals surface area contributed by atoms with Crippen LogP contribution in [0, 0.1) is 5.82 Å². The van der Waals surface area contributed by atoms with E-state index < -0.39 is 0 Å². The lowest BCUT2D eigenvalue weighted by Gasteiger charge is -2.36. The van der Waals surface area contributed by atoms with Gasteiger partial charge in [0.2, 0.25) is 5.91 Å². The number of carbonyl (C=O) groups is 2. The van der Waals surface area contributed by atoms with Gasteiger partial charge in [0.15, 0.2) is 0 Å². The summed E-state index contributed by atoms with van der Waals surface area (Å²) in [6.07, 6.45) is 1.20. The van der Waals surface area contributed by atoms with Crippen molar-refractivity contribution in [2.45, 2.75) is 6.54 Å². The number of fused-ring (bicyclic) bond motifs is 1. The normalized spacial score (nSPS) is 16.8. The third kappa shape index (κ3) is 3.12. The van der Waals surface area contributed by atoms with E-state index in [9.17, 15) is 14.0 Å². The fourth-order valence-corrected chi connectivity index (χ4v) is 3.45. The first kappa shape index (κ1) is 16.5. The third-order valence-corrected chi connectivity index (χ3v) is 4.89. The molecule has 2 aliphatic heterocycles. The average molecular weight is 354 g/mol. The van der Waals surface area contributed by atoms with Crippen LogP contribution in [0.5, 0.6) is 0 Å². The van der Waals surface area contributed by atoms with Gasteiger partial charge in [0.1, 0.15) is 18.2 Å². The second-order valence-corrected chi connectivity index (χ2v) is 6.52. The minimum absolute atomic E-state index is 0.0436. The lowest BCUT2D eigenvalue weighted by Crippen LogP contribution is -2.51. The Morgan fingerprint density at radius 1 is 1.08 bits per heavy atom. The van der Waals surface area contributed by atoms with E-state index in [0.717, 1.165) is 5.56 Å². The highest BCUT2D eigenvalue weighted by atomic mass is 19.1. The maximum atomic E-state index is 13.0. The van der Waals surface area contributed by atoms with Crippen molar-refractivity contribution in [2.24, 2.45) is 0 Å². The molecule has 0 N–H and O–H groups in total. The van der Waals surface area contributed by atoms with Gasteiger partial charge < -0.3 is 14.7 Å². The van der Waals surface area contributed by atoms with Crippen LogP contribution in [-0.4, -0.2) is 59.3 Å². The zero-order chi connectivity index (χ0) is 18.1. The maximum absolute atomic E-state index is 13.0. The zero-order valence-corrected chi connectivity index (χ0v) is 14.3. The summed E-state index contributed by atoms with van der Waals surface area (Å²) < 4.78 is 13.0. The molecule has 0 aliphatic carbocycles. The van der Waals surface area contributed by atoms with Crippen LogP contribution in [0.3, 0.4) is 0 Å². The van der Waals surface area contributed by atoms with Crippen molar-refractivity contribution in [3.8, 4) is 0 Å². The maximum Gasteiger partial charge on any atom is 0.254 e. The minimum Gasteiger partial charge on any atom is -0.353 e. The van der Waals surface area contributed by atoms with Gasteiger partial charge in [0.05, 0.1) is 6.20 Å². The molecular weight excluding hydrogens is 335 g/mol. The Kier molecular flexibility index (Phi) is 4.28. The van der Waals surface area contributed by atoms with Crippen molar-refractivity contribution in [2.75, 3.05) is 37.6 Å². The largest absolute Gasteiger partial charge is 0.353 e. The highest BCUT2D eigenvalue weighted by Crippen LogP contribution is 2.22. The van der Waals surface area contributed by atoms with Crippen LogP contribution in [0.2, 0.25) is 0 Å². The van der Waals surface area contributed by atoms with Crippen LogP contribution < -0.4 is 4.90 Å². The number of nitrogens with zero attached hydrogens (tertiary/aromatic N) is 4. The first-order valence-corrected chi connectivity index (χ1v) is 8.63. The van der Waals surface area contributed by atoms with Gasteiger partial charge in [-0.2, -0.15) is 0 Å². The van der Waals surface area contributed by atoms with Gasteiger partial charge >= 0.3 is 0 Å². The molecule has 3 heterocycles. The van der Waals surface area contributed by atoms with Crippen molar-refractivity contribution >= 4 is 17.6 Å². The molecule has 1 saturated heterocycles. The van der Waals surface area contributed by atoms with Gasteiger partial charge in [-0.3, -0.25) is 9.59 Å². The van der Waals surface area contributed by atoms with E-state index in [1.807, 2.05) is 23.1 Å². The Morgan fingerprint density at radius 2 is 1.85 bits per heavy atom. The van der Waals surface area contributed by atoms with Crippen LogP contribution in [0.1, 0.15) is 15.9 Å². The summed E-state index contributed by atoms with van der Waals surface area (Å²) in [5.74, 6) is 0.225. The van der Waals surface area contributed by atoms with Crippen molar-refractivity contribution in [1.82, 2.24) is 14.8 Å². The Hall–Kier alpha value is -2.96. The number of hydrogen-bond acceptors (Lipinski definition) is 4. The topological polar surface area (TPSA) is 56.8 Å². The Morgan fingerprint density at radius 3 is 2.54 bits per heavy atom. The molecule has 2 aromatic rings. The molecule has 0 bridgehead atoms. The quantitative estimate of drug-likeness (QED) is 0.839. The van der Waals surface area contributed by atoms with E-state index in [1.165, 1.54) is 12.3 Å². The molecule has 1 aromatic heterocycles. The predicted molar refractivity (Wildman–Crippen MR) is 94.2 cm³/mol. The second-order valence-electron chi connectivity index (χ2n) is 6.52. The number of aromatic nitrogens is 1. The van der Waals surface area contributed by atoms with Crippen molar-refractivity contribution in [3.63, 3.8) is 0 Å². The van der Waals surface area contributed by atoms with Crippen LogP contribution in [0.15, 0.2) is 42.6 Å². The van der Waals surface area contributed by atoms with Crippen molar-refractivity contribution in [3.05, 3.63) is 59.5 Å². The fourth-order valence-electron chi connectivity index (χ4n) is 3.45. The molecule has 0 unspecified atom stereocenters. The number of amides is 2. The summed E-state index contributed by atoms with van der Waals surface area (Å²) in [5.41, 5.74) is 1.66. The van der Waals surface area contributed by atoms with Gasteiger partial charge in [-0.15, -0.1) is 0 Å². The minimum atomic E-state index is -0.362. The lowest BCUT2D eigenvalue weighted by molar-refractivity contribution is -0.132. The highest BCUT2D eigenvalue weighted by molar-refractivity contribution is 6.00. The van der Waals surface area contributed by atoms with E-state index in [0.29, 0.717) is 44.1 Å². The molecule has 0 saturated carbocycles. The molecule has 4 rings (SSSR count). The van der Waals surface area contributed by atoms with Crippen LogP contribution >= 0.6 is 0 Å². The molecule has 7 heteroatoms. The highest BCUT2D eigenvalue weighted by Gasteiger charge is 2.30. The number of carbonyl (C=O) groups excluding carboxylic acids is 2. The summed E-state index contributed by atoms with van der Waals surface area (Å²) in [4.78, 5) is 34.5. The Balaban J connectivity index is 1.33. The van der Waals surface area contributed by atoms with E-state index in [-0.39, 0.29) is 24.2 Å². The number of halogens is 1. The number of rotatable bonds is 3. The van der Waals surface area contributed by atoms with Crippen LogP contribution in [0.25, 0.3) is 0 Å². The van der Waals surface area contributed by atoms with E-state index in [2.05, 4.69) is 4.98 Å². The summed E-state index contributed by atoms with van der Waals surface area (Å²) in [7, 11) is 0. The fraction of sp³-hybridized carbons (Fsp3) is 0.316. The van der Waals surface area contributed by atoms with Gasteiger partial charge in [-0.1, -0.05) is 18.2 Å². The number of anilines is 1. The number of pyridine rings is 1. The van der Waals surface area contributed by atoms with E-state index in [1.54, 1.807) is 21.9 Å². The third-order valence-electron chi connectivity index (χ3n) is 4.89. The SMILES string of the molecule is O=C(CN1Cc2ccccc2C1=O)N1CCN(c2ccc(F)cn2)CC1. The molecule has 134 valence electrons. The Labute approximate surface area is 150 Å². The average Bonchev–Trinajstić information content (AvgIpc) is 2.98. The summed E-state index contributed by atoms with van der Waals surface area (Å²) in [5, 5.41) is 0. The molecule has 1 aromatic carbocycles. The molecule has 0 spiro atoms. The number of piperazine rings is 1. The molecule has 0 atom stereocenters. The molecule has 1 fully saturated rings. The van der Waals surface area contributed by atoms with Crippen LogP contribution in [-0.2, 0) is 11.3 Å². The molecule has 2 amide bonds. The van der Waals surface area contributed by atoms with Gasteiger partial charge in [0, 0.05) is 38.3 Å². The molecule has 0 radical (unpaired) electrons. The van der Waals surface area contributed by atoms with Gasteiger partial charge in [-0.05, 0) is 23.8 Å². The molecule has 2 aliphatic rings.